The number of tetrazole rings is 1. The summed E-state index contributed by atoms with van der Waals surface area (Å²) in [6.07, 6.45) is 7.57. The van der Waals surface area contributed by atoms with Crippen molar-refractivity contribution in [2.75, 3.05) is 13.1 Å². The van der Waals surface area contributed by atoms with Crippen LogP contribution in [0.4, 0.5) is 0 Å². The lowest BCUT2D eigenvalue weighted by Crippen LogP contribution is -2.28. The molecule has 1 aliphatic rings. The van der Waals surface area contributed by atoms with Gasteiger partial charge in [0.25, 0.3) is 0 Å². The third kappa shape index (κ3) is 7.08. The molecule has 29 heavy (non-hydrogen) atoms. The van der Waals surface area contributed by atoms with Crippen molar-refractivity contribution in [3.63, 3.8) is 0 Å². The van der Waals surface area contributed by atoms with Crippen molar-refractivity contribution in [2.45, 2.75) is 63.9 Å². The number of likely N-dealkylation sites (tertiary alicyclic amines) is 1. The Bertz CT molecular complexity index is 755. The van der Waals surface area contributed by atoms with Gasteiger partial charge < -0.3 is 10.0 Å². The molecule has 1 aliphatic heterocycles. The number of hydrogen-bond acceptors (Lipinski definition) is 5. The number of aliphatic hydroxyl groups excluding tert-OH is 1. The van der Waals surface area contributed by atoms with Crippen molar-refractivity contribution < 1.29 is 9.90 Å². The molecule has 0 bridgehead atoms. The summed E-state index contributed by atoms with van der Waals surface area (Å²) in [5.41, 5.74) is 1.03. The lowest BCUT2D eigenvalue weighted by molar-refractivity contribution is -0.131. The number of nitrogens with zero attached hydrogens (tertiary/aromatic N) is 4. The molecule has 2 N–H and O–H groups in total. The van der Waals surface area contributed by atoms with Crippen LogP contribution in [-0.2, 0) is 17.6 Å². The first-order chi connectivity index (χ1) is 14.1. The second-order valence-electron chi connectivity index (χ2n) is 7.87. The summed E-state index contributed by atoms with van der Waals surface area (Å²) in [5, 5.41) is 24.9. The number of nitrogens with one attached hydrogen (secondary N) is 1. The minimum absolute atomic E-state index is 0.0576. The fourth-order valence-electron chi connectivity index (χ4n) is 3.95. The number of benzene rings is 1. The molecule has 1 aromatic carbocycles. The van der Waals surface area contributed by atoms with E-state index in [0.29, 0.717) is 17.9 Å². The molecular formula is C21H30ClN5O2. The van der Waals surface area contributed by atoms with E-state index in [1.165, 1.54) is 0 Å². The number of aliphatic hydroxyl groups is 1. The van der Waals surface area contributed by atoms with Crippen molar-refractivity contribution >= 4 is 17.5 Å². The third-order valence-corrected chi connectivity index (χ3v) is 5.82. The zero-order valence-corrected chi connectivity index (χ0v) is 17.5. The van der Waals surface area contributed by atoms with Crippen molar-refractivity contribution in [3.05, 3.63) is 40.7 Å². The molecule has 158 valence electrons. The molecule has 2 heterocycles. The highest BCUT2D eigenvalue weighted by atomic mass is 35.5. The van der Waals surface area contributed by atoms with E-state index < -0.39 is 6.10 Å². The highest BCUT2D eigenvalue weighted by Gasteiger charge is 2.31. The van der Waals surface area contributed by atoms with Crippen LogP contribution in [0.25, 0.3) is 0 Å². The van der Waals surface area contributed by atoms with Crippen molar-refractivity contribution in [3.8, 4) is 0 Å². The van der Waals surface area contributed by atoms with E-state index >= 15 is 0 Å². The Morgan fingerprint density at radius 3 is 2.93 bits per heavy atom. The molecule has 0 spiro atoms. The number of halogens is 1. The van der Waals surface area contributed by atoms with Gasteiger partial charge in [-0.25, -0.2) is 0 Å². The predicted octanol–water partition coefficient (Wildman–Crippen LogP) is 3.19. The molecule has 1 saturated heterocycles. The maximum Gasteiger partial charge on any atom is 0.225 e. The van der Waals surface area contributed by atoms with Gasteiger partial charge in [-0.05, 0) is 56.2 Å². The number of aryl methyl sites for hydroxylation is 1. The Hall–Kier alpha value is -1.99. The Morgan fingerprint density at radius 1 is 1.28 bits per heavy atom. The SMILES string of the molecule is O=C1[C@@H](CC[C@@H](O)Cc2cccc(Cl)c2)CCN1CCCCCCc1nn[nH]n1. The molecule has 1 fully saturated rings. The molecule has 3 rings (SSSR count). The average molecular weight is 420 g/mol. The van der Waals surface area contributed by atoms with Crippen molar-refractivity contribution in [1.82, 2.24) is 25.5 Å². The van der Waals surface area contributed by atoms with Crippen LogP contribution in [-0.4, -0.2) is 55.7 Å². The topological polar surface area (TPSA) is 95.0 Å². The monoisotopic (exact) mass is 419 g/mol. The van der Waals surface area contributed by atoms with Crippen LogP contribution in [0, 0.1) is 5.92 Å². The Morgan fingerprint density at radius 2 is 2.14 bits per heavy atom. The first-order valence-corrected chi connectivity index (χ1v) is 10.9. The Balaban J connectivity index is 1.28. The lowest BCUT2D eigenvalue weighted by atomic mass is 9.96. The number of carbonyl (C=O) groups excluding carboxylic acids is 1. The molecule has 7 nitrogen and oxygen atoms in total. The first kappa shape index (κ1) is 21.7. The summed E-state index contributed by atoms with van der Waals surface area (Å²) < 4.78 is 0. The predicted molar refractivity (Wildman–Crippen MR) is 111 cm³/mol. The zero-order chi connectivity index (χ0) is 20.5. The number of aromatic amines is 1. The number of unbranched alkanes of at least 4 members (excludes halogenated alkanes) is 3. The minimum atomic E-state index is -0.436. The Labute approximate surface area is 176 Å². The molecule has 0 unspecified atom stereocenters. The standard InChI is InChI=1S/C21H30ClN5O2/c22-18-7-5-6-16(14-18)15-19(28)10-9-17-11-13-27(21(17)29)12-4-2-1-3-8-20-23-25-26-24-20/h5-7,14,17,19,28H,1-4,8-13,15H2,(H,23,24,25,26)/t17-,19+/m0/s1. The first-order valence-electron chi connectivity index (χ1n) is 10.6. The largest absolute Gasteiger partial charge is 0.393 e. The van der Waals surface area contributed by atoms with Gasteiger partial charge in [0.15, 0.2) is 5.82 Å². The zero-order valence-electron chi connectivity index (χ0n) is 16.8. The molecular weight excluding hydrogens is 390 g/mol. The van der Waals surface area contributed by atoms with Gasteiger partial charge in [0, 0.05) is 30.5 Å². The highest BCUT2D eigenvalue weighted by Crippen LogP contribution is 2.25. The van der Waals surface area contributed by atoms with Crippen LogP contribution in [0.3, 0.4) is 0 Å². The van der Waals surface area contributed by atoms with Crippen LogP contribution < -0.4 is 0 Å². The van der Waals surface area contributed by atoms with Gasteiger partial charge in [-0.2, -0.15) is 5.21 Å². The van der Waals surface area contributed by atoms with Crippen molar-refractivity contribution in [1.29, 1.82) is 0 Å². The van der Waals surface area contributed by atoms with Crippen LogP contribution >= 0.6 is 11.6 Å². The summed E-state index contributed by atoms with van der Waals surface area (Å²) in [7, 11) is 0. The van der Waals surface area contributed by atoms with E-state index in [9.17, 15) is 9.90 Å². The molecule has 2 atom stereocenters. The average Bonchev–Trinajstić information content (AvgIpc) is 3.33. The second kappa shape index (κ2) is 11.3. The van der Waals surface area contributed by atoms with E-state index in [1.807, 2.05) is 29.2 Å². The van der Waals surface area contributed by atoms with Gasteiger partial charge in [-0.3, -0.25) is 4.79 Å². The van der Waals surface area contributed by atoms with E-state index in [-0.39, 0.29) is 11.8 Å². The molecule has 2 aromatic rings. The van der Waals surface area contributed by atoms with Crippen LogP contribution in [0.15, 0.2) is 24.3 Å². The van der Waals surface area contributed by atoms with E-state index in [2.05, 4.69) is 20.6 Å². The maximum atomic E-state index is 12.6. The van der Waals surface area contributed by atoms with E-state index in [1.54, 1.807) is 0 Å². The summed E-state index contributed by atoms with van der Waals surface area (Å²) in [6, 6.07) is 7.58. The number of amides is 1. The van der Waals surface area contributed by atoms with Gasteiger partial charge in [-0.15, -0.1) is 10.2 Å². The number of H-pyrrole nitrogens is 1. The summed E-state index contributed by atoms with van der Waals surface area (Å²) in [4.78, 5) is 14.6. The third-order valence-electron chi connectivity index (χ3n) is 5.58. The van der Waals surface area contributed by atoms with Crippen LogP contribution in [0.1, 0.15) is 56.3 Å². The molecule has 0 radical (unpaired) electrons. The van der Waals surface area contributed by atoms with Crippen LogP contribution in [0.2, 0.25) is 5.02 Å². The fraction of sp³-hybridized carbons (Fsp3) is 0.619. The number of hydrogen-bond donors (Lipinski definition) is 2. The van der Waals surface area contributed by atoms with Gasteiger partial charge in [0.2, 0.25) is 5.91 Å². The van der Waals surface area contributed by atoms with Gasteiger partial charge in [0.05, 0.1) is 6.10 Å². The maximum absolute atomic E-state index is 12.6. The second-order valence-corrected chi connectivity index (χ2v) is 8.30. The summed E-state index contributed by atoms with van der Waals surface area (Å²) in [6.45, 7) is 1.68. The molecule has 0 saturated carbocycles. The molecule has 1 amide bonds. The molecule has 8 heteroatoms. The number of rotatable bonds is 12. The van der Waals surface area contributed by atoms with Gasteiger partial charge in [-0.1, -0.05) is 41.8 Å². The lowest BCUT2D eigenvalue weighted by Gasteiger charge is -2.17. The number of carbonyl (C=O) groups is 1. The molecule has 1 aromatic heterocycles. The Kier molecular flexibility index (Phi) is 8.43. The highest BCUT2D eigenvalue weighted by molar-refractivity contribution is 6.30. The summed E-state index contributed by atoms with van der Waals surface area (Å²) in [5.74, 6) is 1.08. The fourth-order valence-corrected chi connectivity index (χ4v) is 4.17. The van der Waals surface area contributed by atoms with Gasteiger partial charge >= 0.3 is 0 Å². The van der Waals surface area contributed by atoms with Gasteiger partial charge in [0.1, 0.15) is 0 Å². The smallest absolute Gasteiger partial charge is 0.225 e. The quantitative estimate of drug-likeness (QED) is 0.515. The minimum Gasteiger partial charge on any atom is -0.393 e. The normalized spacial score (nSPS) is 17.8. The number of aromatic nitrogens is 4. The summed E-state index contributed by atoms with van der Waals surface area (Å²) >= 11 is 6.00. The molecule has 0 aliphatic carbocycles. The van der Waals surface area contributed by atoms with E-state index in [0.717, 1.165) is 69.4 Å². The van der Waals surface area contributed by atoms with Crippen LogP contribution in [0.5, 0.6) is 0 Å². The van der Waals surface area contributed by atoms with Crippen molar-refractivity contribution in [2.24, 2.45) is 5.92 Å². The van der Waals surface area contributed by atoms with E-state index in [4.69, 9.17) is 11.6 Å².